The van der Waals surface area contributed by atoms with Crippen LogP contribution in [0.2, 0.25) is 0 Å². The summed E-state index contributed by atoms with van der Waals surface area (Å²) in [7, 11) is 0. The van der Waals surface area contributed by atoms with E-state index >= 15 is 0 Å². The molecule has 4 nitrogen and oxygen atoms in total. The highest BCUT2D eigenvalue weighted by atomic mass is 32.2. The predicted molar refractivity (Wildman–Crippen MR) is 105 cm³/mol. The summed E-state index contributed by atoms with van der Waals surface area (Å²) >= 11 is 1.78. The van der Waals surface area contributed by atoms with Gasteiger partial charge in [0.15, 0.2) is 5.69 Å². The lowest BCUT2D eigenvalue weighted by atomic mass is 10.0. The Morgan fingerprint density at radius 3 is 2.35 bits per heavy atom. The highest BCUT2D eigenvalue weighted by Gasteiger charge is 2.22. The van der Waals surface area contributed by atoms with Gasteiger partial charge in [-0.05, 0) is 23.3 Å². The lowest BCUT2D eigenvalue weighted by Gasteiger charge is -2.17. The van der Waals surface area contributed by atoms with E-state index < -0.39 is 5.23 Å². The van der Waals surface area contributed by atoms with Gasteiger partial charge in [-0.2, -0.15) is 5.23 Å². The summed E-state index contributed by atoms with van der Waals surface area (Å²) in [6, 6.07) is 25.6. The Hall–Kier alpha value is -2.44. The van der Waals surface area contributed by atoms with Crippen molar-refractivity contribution >= 4 is 28.8 Å². The quantitative estimate of drug-likeness (QED) is 0.677. The number of quaternary nitrogens is 1. The monoisotopic (exact) mass is 362 g/mol. The molecule has 26 heavy (non-hydrogen) atoms. The Bertz CT molecular complexity index is 924. The first-order chi connectivity index (χ1) is 12.7. The first-order valence-electron chi connectivity index (χ1n) is 8.42. The number of rotatable bonds is 3. The zero-order valence-electron chi connectivity index (χ0n) is 14.0. The molecule has 0 amide bonds. The molecule has 0 radical (unpaired) electrons. The van der Waals surface area contributed by atoms with Gasteiger partial charge in [0.05, 0.1) is 5.69 Å². The third-order valence-electron chi connectivity index (χ3n) is 4.41. The highest BCUT2D eigenvalue weighted by Crippen LogP contribution is 2.45. The summed E-state index contributed by atoms with van der Waals surface area (Å²) in [5.41, 5.74) is 4.58. The molecule has 2 N–H and O–H groups in total. The SMILES string of the molecule is [O-][NH+](O)c1ccc(C2CC(c3ccccc3)=Nc3ccccc3S2)cc1. The Balaban J connectivity index is 1.74. The average molecular weight is 362 g/mol. The van der Waals surface area contributed by atoms with E-state index in [0.29, 0.717) is 5.69 Å². The number of nitrogens with one attached hydrogen (secondary N) is 1. The van der Waals surface area contributed by atoms with Gasteiger partial charge in [-0.25, -0.2) is 5.21 Å². The molecule has 3 aromatic rings. The summed E-state index contributed by atoms with van der Waals surface area (Å²) in [6.45, 7) is 0. The molecule has 0 saturated carbocycles. The molecule has 2 atom stereocenters. The molecule has 1 aliphatic rings. The number of benzene rings is 3. The van der Waals surface area contributed by atoms with Gasteiger partial charge in [0.25, 0.3) is 0 Å². The van der Waals surface area contributed by atoms with Crippen LogP contribution < -0.4 is 5.23 Å². The largest absolute Gasteiger partial charge is 0.595 e. The summed E-state index contributed by atoms with van der Waals surface area (Å²) in [5, 5.41) is 19.5. The summed E-state index contributed by atoms with van der Waals surface area (Å²) < 4.78 is 0. The smallest absolute Gasteiger partial charge is 0.163 e. The fraction of sp³-hybridized carbons (Fsp3) is 0.0952. The number of hydrogen-bond acceptors (Lipinski definition) is 4. The summed E-state index contributed by atoms with van der Waals surface area (Å²) in [5.74, 6) is 0. The molecule has 1 heterocycles. The molecule has 0 saturated heterocycles. The van der Waals surface area contributed by atoms with E-state index in [0.717, 1.165) is 33.8 Å². The van der Waals surface area contributed by atoms with Crippen molar-refractivity contribution in [2.45, 2.75) is 16.6 Å². The molecule has 0 bridgehead atoms. The minimum atomic E-state index is -0.901. The first-order valence-corrected chi connectivity index (χ1v) is 9.30. The Morgan fingerprint density at radius 1 is 0.923 bits per heavy atom. The third kappa shape index (κ3) is 3.57. The van der Waals surface area contributed by atoms with E-state index in [1.807, 2.05) is 48.5 Å². The fourth-order valence-electron chi connectivity index (χ4n) is 3.05. The van der Waals surface area contributed by atoms with Crippen molar-refractivity contribution in [2.75, 3.05) is 0 Å². The molecule has 0 fully saturated rings. The molecule has 2 unspecified atom stereocenters. The van der Waals surface area contributed by atoms with E-state index in [1.165, 1.54) is 0 Å². The standard InChI is InChI=1S/C21H18N2O2S/c24-23(25)17-12-10-16(11-13-17)21-14-19(15-6-2-1-3-7-15)22-18-8-4-5-9-20(18)26-21/h1-13,21,23-24H,14H2. The van der Waals surface area contributed by atoms with Crippen LogP contribution in [0, 0.1) is 5.21 Å². The number of thioether (sulfide) groups is 1. The summed E-state index contributed by atoms with van der Waals surface area (Å²) in [4.78, 5) is 6.08. The van der Waals surface area contributed by atoms with Gasteiger partial charge >= 0.3 is 0 Å². The van der Waals surface area contributed by atoms with E-state index in [9.17, 15) is 5.21 Å². The maximum atomic E-state index is 11.1. The van der Waals surface area contributed by atoms with Crippen LogP contribution in [-0.2, 0) is 0 Å². The summed E-state index contributed by atoms with van der Waals surface area (Å²) in [6.07, 6.45) is 0.787. The van der Waals surface area contributed by atoms with Crippen LogP contribution in [0.1, 0.15) is 22.8 Å². The van der Waals surface area contributed by atoms with Crippen molar-refractivity contribution in [2.24, 2.45) is 4.99 Å². The van der Waals surface area contributed by atoms with Crippen molar-refractivity contribution in [3.05, 3.63) is 95.2 Å². The molecule has 4 rings (SSSR count). The molecule has 3 aromatic carbocycles. The van der Waals surface area contributed by atoms with Crippen LogP contribution in [0.15, 0.2) is 88.8 Å². The topological polar surface area (TPSA) is 60.1 Å². The van der Waals surface area contributed by atoms with Crippen molar-refractivity contribution in [3.63, 3.8) is 0 Å². The fourth-order valence-corrected chi connectivity index (χ4v) is 4.28. The maximum Gasteiger partial charge on any atom is 0.163 e. The number of aliphatic imine (C=N–C) groups is 1. The second kappa shape index (κ2) is 7.43. The molecule has 0 aliphatic carbocycles. The number of para-hydroxylation sites is 1. The van der Waals surface area contributed by atoms with Crippen LogP contribution in [0.4, 0.5) is 11.4 Å². The molecule has 5 heteroatoms. The van der Waals surface area contributed by atoms with Gasteiger partial charge in [0.2, 0.25) is 0 Å². The zero-order valence-corrected chi connectivity index (χ0v) is 14.8. The van der Waals surface area contributed by atoms with Crippen molar-refractivity contribution < 1.29 is 10.4 Å². The molecule has 130 valence electrons. The van der Waals surface area contributed by atoms with Gasteiger partial charge in [-0.15, -0.1) is 11.8 Å². The third-order valence-corrected chi connectivity index (χ3v) is 5.73. The Kier molecular flexibility index (Phi) is 4.86. The molecule has 0 spiro atoms. The lowest BCUT2D eigenvalue weighted by molar-refractivity contribution is -0.991. The van der Waals surface area contributed by atoms with Crippen LogP contribution in [0.3, 0.4) is 0 Å². The van der Waals surface area contributed by atoms with E-state index in [1.54, 1.807) is 23.9 Å². The predicted octanol–water partition coefficient (Wildman–Crippen LogP) is 4.45. The molecule has 0 aromatic heterocycles. The van der Waals surface area contributed by atoms with Crippen LogP contribution >= 0.6 is 11.8 Å². The maximum absolute atomic E-state index is 11.1. The number of fused-ring (bicyclic) bond motifs is 1. The van der Waals surface area contributed by atoms with Crippen LogP contribution in [0.5, 0.6) is 0 Å². The lowest BCUT2D eigenvalue weighted by Crippen LogP contribution is -2.99. The normalized spacial score (nSPS) is 17.8. The second-order valence-electron chi connectivity index (χ2n) is 6.13. The van der Waals surface area contributed by atoms with Crippen LogP contribution in [-0.4, -0.2) is 10.9 Å². The zero-order chi connectivity index (χ0) is 17.9. The second-order valence-corrected chi connectivity index (χ2v) is 7.37. The van der Waals surface area contributed by atoms with Gasteiger partial charge < -0.3 is 5.21 Å². The highest BCUT2D eigenvalue weighted by molar-refractivity contribution is 7.99. The minimum Gasteiger partial charge on any atom is -0.595 e. The van der Waals surface area contributed by atoms with Gasteiger partial charge in [-0.3, -0.25) is 4.99 Å². The van der Waals surface area contributed by atoms with Crippen LogP contribution in [0.25, 0.3) is 0 Å². The van der Waals surface area contributed by atoms with Gasteiger partial charge in [0.1, 0.15) is 0 Å². The molecular weight excluding hydrogens is 344 g/mol. The van der Waals surface area contributed by atoms with Crippen molar-refractivity contribution in [3.8, 4) is 0 Å². The molecular formula is C21H18N2O2S. The van der Waals surface area contributed by atoms with Gasteiger partial charge in [-0.1, -0.05) is 54.6 Å². The minimum absolute atomic E-state index is 0.181. The number of nitrogens with zero attached hydrogens (tertiary/aromatic N) is 1. The van der Waals surface area contributed by atoms with Crippen molar-refractivity contribution in [1.29, 1.82) is 0 Å². The van der Waals surface area contributed by atoms with Gasteiger partial charge in [0, 0.05) is 34.4 Å². The van der Waals surface area contributed by atoms with E-state index in [4.69, 9.17) is 10.2 Å². The van der Waals surface area contributed by atoms with Crippen molar-refractivity contribution in [1.82, 2.24) is 0 Å². The number of hydrogen-bond donors (Lipinski definition) is 2. The van der Waals surface area contributed by atoms with E-state index in [2.05, 4.69) is 18.2 Å². The Labute approximate surface area is 156 Å². The Morgan fingerprint density at radius 2 is 1.62 bits per heavy atom. The first kappa shape index (κ1) is 17.0. The average Bonchev–Trinajstić information content (AvgIpc) is 2.88. The molecule has 1 aliphatic heterocycles. The van der Waals surface area contributed by atoms with E-state index in [-0.39, 0.29) is 5.25 Å².